The van der Waals surface area contributed by atoms with E-state index < -0.39 is 0 Å². The van der Waals surface area contributed by atoms with E-state index in [0.29, 0.717) is 18.0 Å². The number of amides is 2. The zero-order valence-electron chi connectivity index (χ0n) is 13.6. The van der Waals surface area contributed by atoms with Gasteiger partial charge in [-0.25, -0.2) is 4.79 Å². The third-order valence-electron chi connectivity index (χ3n) is 3.38. The molecule has 0 saturated heterocycles. The van der Waals surface area contributed by atoms with Crippen LogP contribution in [0.2, 0.25) is 0 Å². The largest absolute Gasteiger partial charge is 0.497 e. The molecule has 0 aliphatic rings. The Morgan fingerprint density at radius 2 is 1.96 bits per heavy atom. The number of urea groups is 1. The van der Waals surface area contributed by atoms with E-state index in [1.807, 2.05) is 56.3 Å². The molecule has 1 atom stereocenters. The summed E-state index contributed by atoms with van der Waals surface area (Å²) in [4.78, 5) is 12.2. The molecule has 2 rings (SSSR count). The minimum absolute atomic E-state index is 0.149. The van der Waals surface area contributed by atoms with Gasteiger partial charge in [-0.05, 0) is 43.7 Å². The highest BCUT2D eigenvalue weighted by Crippen LogP contribution is 2.24. The second kappa shape index (κ2) is 8.08. The van der Waals surface area contributed by atoms with E-state index in [4.69, 9.17) is 9.47 Å². The molecule has 2 aromatic rings. The lowest BCUT2D eigenvalue weighted by Crippen LogP contribution is -2.31. The smallest absolute Gasteiger partial charge is 0.319 e. The average Bonchev–Trinajstić information content (AvgIpc) is 2.57. The maximum Gasteiger partial charge on any atom is 0.319 e. The number of hydrogen-bond donors (Lipinski definition) is 2. The van der Waals surface area contributed by atoms with Gasteiger partial charge in [-0.15, -0.1) is 0 Å². The van der Waals surface area contributed by atoms with Gasteiger partial charge in [0.1, 0.15) is 11.5 Å². The van der Waals surface area contributed by atoms with Crippen molar-refractivity contribution in [3.63, 3.8) is 0 Å². The van der Waals surface area contributed by atoms with Crippen LogP contribution in [0.4, 0.5) is 10.5 Å². The highest BCUT2D eigenvalue weighted by atomic mass is 16.5. The number of carbonyl (C=O) groups is 1. The highest BCUT2D eigenvalue weighted by molar-refractivity contribution is 5.91. The molecule has 5 nitrogen and oxygen atoms in total. The number of anilines is 1. The van der Waals surface area contributed by atoms with Crippen molar-refractivity contribution in [1.29, 1.82) is 0 Å². The number of benzene rings is 2. The normalized spacial score (nSPS) is 11.4. The van der Waals surface area contributed by atoms with Crippen LogP contribution < -0.4 is 20.1 Å². The van der Waals surface area contributed by atoms with Crippen molar-refractivity contribution in [2.24, 2.45) is 0 Å². The summed E-state index contributed by atoms with van der Waals surface area (Å²) in [5.41, 5.74) is 1.61. The Labute approximate surface area is 136 Å². The lowest BCUT2D eigenvalue weighted by molar-refractivity contribution is 0.249. The summed E-state index contributed by atoms with van der Waals surface area (Å²) in [6, 6.07) is 14.5. The summed E-state index contributed by atoms with van der Waals surface area (Å²) in [5, 5.41) is 5.72. The Morgan fingerprint density at radius 1 is 1.17 bits per heavy atom. The number of hydrogen-bond acceptors (Lipinski definition) is 3. The van der Waals surface area contributed by atoms with Gasteiger partial charge < -0.3 is 20.1 Å². The van der Waals surface area contributed by atoms with Crippen LogP contribution in [-0.2, 0) is 0 Å². The van der Waals surface area contributed by atoms with E-state index in [1.54, 1.807) is 13.2 Å². The van der Waals surface area contributed by atoms with E-state index in [2.05, 4.69) is 10.6 Å². The van der Waals surface area contributed by atoms with Crippen molar-refractivity contribution < 1.29 is 14.3 Å². The summed E-state index contributed by atoms with van der Waals surface area (Å²) >= 11 is 0. The molecule has 2 amide bonds. The molecule has 0 saturated carbocycles. The molecule has 23 heavy (non-hydrogen) atoms. The highest BCUT2D eigenvalue weighted by Gasteiger charge is 2.12. The fourth-order valence-electron chi connectivity index (χ4n) is 2.20. The molecule has 0 aliphatic heterocycles. The van der Waals surface area contributed by atoms with E-state index in [-0.39, 0.29) is 12.1 Å². The quantitative estimate of drug-likeness (QED) is 0.848. The van der Waals surface area contributed by atoms with Crippen molar-refractivity contribution in [3.05, 3.63) is 54.1 Å². The van der Waals surface area contributed by atoms with Gasteiger partial charge in [0.2, 0.25) is 0 Å². The first-order chi connectivity index (χ1) is 11.1. The van der Waals surface area contributed by atoms with E-state index in [1.165, 1.54) is 0 Å². The molecule has 2 N–H and O–H groups in total. The summed E-state index contributed by atoms with van der Waals surface area (Å²) in [6.07, 6.45) is 0. The maximum atomic E-state index is 12.2. The number of carbonyl (C=O) groups excluding carboxylic acids is 1. The Hall–Kier alpha value is -2.69. The molecular weight excluding hydrogens is 292 g/mol. The number of methoxy groups -OCH3 is 1. The molecule has 0 fully saturated rings. The monoisotopic (exact) mass is 314 g/mol. The first-order valence-electron chi connectivity index (χ1n) is 7.57. The predicted molar refractivity (Wildman–Crippen MR) is 91.2 cm³/mol. The van der Waals surface area contributed by atoms with Gasteiger partial charge in [0.15, 0.2) is 0 Å². The van der Waals surface area contributed by atoms with Gasteiger partial charge in [-0.2, -0.15) is 0 Å². The van der Waals surface area contributed by atoms with E-state index >= 15 is 0 Å². The van der Waals surface area contributed by atoms with Crippen molar-refractivity contribution in [1.82, 2.24) is 5.32 Å². The third kappa shape index (κ3) is 4.64. The Bertz CT molecular complexity index is 658. The van der Waals surface area contributed by atoms with Crippen molar-refractivity contribution in [3.8, 4) is 11.5 Å². The van der Waals surface area contributed by atoms with Crippen LogP contribution in [0.15, 0.2) is 48.5 Å². The van der Waals surface area contributed by atoms with Crippen LogP contribution in [0.5, 0.6) is 11.5 Å². The minimum atomic E-state index is -0.285. The summed E-state index contributed by atoms with van der Waals surface area (Å²) in [5.74, 6) is 1.41. The van der Waals surface area contributed by atoms with Gasteiger partial charge in [0.25, 0.3) is 0 Å². The molecule has 2 aromatic carbocycles. The molecule has 0 unspecified atom stereocenters. The van der Waals surface area contributed by atoms with E-state index in [0.717, 1.165) is 11.3 Å². The Kier molecular flexibility index (Phi) is 5.86. The fraction of sp³-hybridized carbons (Fsp3) is 0.278. The molecule has 0 heterocycles. The average molecular weight is 314 g/mol. The summed E-state index contributed by atoms with van der Waals surface area (Å²) < 4.78 is 10.7. The molecule has 0 aliphatic carbocycles. The number of para-hydroxylation sites is 2. The van der Waals surface area contributed by atoms with E-state index in [9.17, 15) is 4.79 Å². The Balaban J connectivity index is 2.01. The number of rotatable bonds is 6. The van der Waals surface area contributed by atoms with Crippen LogP contribution >= 0.6 is 0 Å². The number of ether oxygens (including phenoxy) is 2. The molecule has 5 heteroatoms. The molecule has 0 aromatic heterocycles. The Morgan fingerprint density at radius 3 is 2.70 bits per heavy atom. The molecule has 0 radical (unpaired) electrons. The predicted octanol–water partition coefficient (Wildman–Crippen LogP) is 3.98. The van der Waals surface area contributed by atoms with Crippen molar-refractivity contribution in [2.45, 2.75) is 19.9 Å². The van der Waals surface area contributed by atoms with Crippen molar-refractivity contribution in [2.75, 3.05) is 19.0 Å². The minimum Gasteiger partial charge on any atom is -0.497 e. The zero-order valence-corrected chi connectivity index (χ0v) is 13.6. The fourth-order valence-corrected chi connectivity index (χ4v) is 2.20. The third-order valence-corrected chi connectivity index (χ3v) is 3.38. The zero-order chi connectivity index (χ0) is 16.7. The van der Waals surface area contributed by atoms with Crippen LogP contribution in [0.25, 0.3) is 0 Å². The van der Waals surface area contributed by atoms with Gasteiger partial charge in [-0.3, -0.25) is 0 Å². The standard InChI is InChI=1S/C18H22N2O3/c1-4-23-17-11-6-5-10-16(17)20-18(21)19-13(2)14-8-7-9-15(12-14)22-3/h5-13H,4H2,1-3H3,(H2,19,20,21)/t13-/m1/s1. The topological polar surface area (TPSA) is 59.6 Å². The summed E-state index contributed by atoms with van der Waals surface area (Å²) in [6.45, 7) is 4.37. The van der Waals surface area contributed by atoms with Crippen LogP contribution in [0, 0.1) is 0 Å². The lowest BCUT2D eigenvalue weighted by Gasteiger charge is -2.17. The maximum absolute atomic E-state index is 12.2. The molecule has 122 valence electrons. The lowest BCUT2D eigenvalue weighted by atomic mass is 10.1. The molecular formula is C18H22N2O3. The molecule has 0 spiro atoms. The number of nitrogens with one attached hydrogen (secondary N) is 2. The second-order valence-electron chi connectivity index (χ2n) is 5.03. The second-order valence-corrected chi connectivity index (χ2v) is 5.03. The summed E-state index contributed by atoms with van der Waals surface area (Å²) in [7, 11) is 1.62. The van der Waals surface area contributed by atoms with Crippen LogP contribution in [0.1, 0.15) is 25.5 Å². The van der Waals surface area contributed by atoms with Gasteiger partial charge >= 0.3 is 6.03 Å². The van der Waals surface area contributed by atoms with Gasteiger partial charge in [0, 0.05) is 0 Å². The van der Waals surface area contributed by atoms with Crippen LogP contribution in [-0.4, -0.2) is 19.7 Å². The molecule has 0 bridgehead atoms. The van der Waals surface area contributed by atoms with Crippen LogP contribution in [0.3, 0.4) is 0 Å². The van der Waals surface area contributed by atoms with Gasteiger partial charge in [0.05, 0.1) is 25.4 Å². The first-order valence-corrected chi connectivity index (χ1v) is 7.57. The van der Waals surface area contributed by atoms with Gasteiger partial charge in [-0.1, -0.05) is 24.3 Å². The van der Waals surface area contributed by atoms with Crippen molar-refractivity contribution >= 4 is 11.7 Å². The SMILES string of the molecule is CCOc1ccccc1NC(=O)N[C@H](C)c1cccc(OC)c1. The first kappa shape index (κ1) is 16.7.